The molecule has 3 heteroatoms. The minimum atomic E-state index is 0.680. The number of hydrogen-bond donors (Lipinski definition) is 0. The van der Waals surface area contributed by atoms with Crippen molar-refractivity contribution in [3.05, 3.63) is 16.1 Å². The van der Waals surface area contributed by atoms with Crippen LogP contribution in [0, 0.1) is 0 Å². The fraction of sp³-hybridized carbons (Fsp3) is 0.625. The molecule has 0 unspecified atom stereocenters. The number of alkyl halides is 1. The Labute approximate surface area is 76.4 Å². The van der Waals surface area contributed by atoms with Crippen molar-refractivity contribution in [1.82, 2.24) is 4.98 Å². The lowest BCUT2D eigenvalue weighted by Crippen LogP contribution is -1.87. The number of thiazole rings is 1. The summed E-state index contributed by atoms with van der Waals surface area (Å²) in [7, 11) is 0. The average Bonchev–Trinajstić information content (AvgIpc) is 2.38. The normalized spacial score (nSPS) is 10.4. The summed E-state index contributed by atoms with van der Waals surface area (Å²) in [4.78, 5) is 4.42. The molecule has 0 N–H and O–H groups in total. The van der Waals surface area contributed by atoms with E-state index in [0.717, 1.165) is 12.8 Å². The molecule has 1 rings (SSSR count). The highest BCUT2D eigenvalue weighted by atomic mass is 35.5. The highest BCUT2D eigenvalue weighted by molar-refractivity contribution is 7.09. The van der Waals surface area contributed by atoms with E-state index in [1.54, 1.807) is 11.3 Å². The number of aryl methyl sites for hydroxylation is 2. The monoisotopic (exact) mass is 189 g/mol. The molecule has 0 bridgehead atoms. The first kappa shape index (κ1) is 9.01. The number of aromatic nitrogens is 1. The molecule has 0 saturated carbocycles. The highest BCUT2D eigenvalue weighted by Crippen LogP contribution is 2.12. The fourth-order valence-corrected chi connectivity index (χ4v) is 2.04. The molecule has 11 heavy (non-hydrogen) atoms. The van der Waals surface area contributed by atoms with Crippen LogP contribution in [-0.4, -0.2) is 10.9 Å². The van der Waals surface area contributed by atoms with Crippen molar-refractivity contribution in [3.63, 3.8) is 0 Å². The summed E-state index contributed by atoms with van der Waals surface area (Å²) in [5.74, 6) is 0.680. The Hall–Kier alpha value is -0.0800. The molecule has 1 aromatic rings. The Balaban J connectivity index is 2.51. The number of nitrogens with zero attached hydrogens (tertiary/aromatic N) is 1. The van der Waals surface area contributed by atoms with Crippen LogP contribution in [0.15, 0.2) is 5.38 Å². The van der Waals surface area contributed by atoms with Crippen molar-refractivity contribution < 1.29 is 0 Å². The molecule has 0 aromatic carbocycles. The summed E-state index contributed by atoms with van der Waals surface area (Å²) in [6, 6.07) is 0. The van der Waals surface area contributed by atoms with Crippen LogP contribution in [0.5, 0.6) is 0 Å². The maximum Gasteiger partial charge on any atom is 0.0940 e. The zero-order chi connectivity index (χ0) is 8.10. The molecule has 0 aliphatic rings. The quantitative estimate of drug-likeness (QED) is 0.664. The van der Waals surface area contributed by atoms with Gasteiger partial charge in [0.2, 0.25) is 0 Å². The molecule has 1 heterocycles. The fourth-order valence-electron chi connectivity index (χ4n) is 0.916. The summed E-state index contributed by atoms with van der Waals surface area (Å²) < 4.78 is 0. The summed E-state index contributed by atoms with van der Waals surface area (Å²) in [6.07, 6.45) is 3.18. The molecule has 0 fully saturated rings. The topological polar surface area (TPSA) is 12.9 Å². The van der Waals surface area contributed by atoms with Crippen molar-refractivity contribution >= 4 is 22.9 Å². The van der Waals surface area contributed by atoms with Gasteiger partial charge in [-0.2, -0.15) is 0 Å². The van der Waals surface area contributed by atoms with Gasteiger partial charge in [-0.1, -0.05) is 13.3 Å². The van der Waals surface area contributed by atoms with Crippen molar-refractivity contribution in [2.45, 2.75) is 26.2 Å². The van der Waals surface area contributed by atoms with Crippen LogP contribution < -0.4 is 0 Å². The maximum atomic E-state index is 5.59. The number of hydrogen-bond acceptors (Lipinski definition) is 2. The second-order valence-electron chi connectivity index (χ2n) is 2.42. The molecule has 0 aliphatic carbocycles. The van der Waals surface area contributed by atoms with Gasteiger partial charge in [0.25, 0.3) is 0 Å². The van der Waals surface area contributed by atoms with E-state index in [1.165, 1.54) is 17.1 Å². The van der Waals surface area contributed by atoms with E-state index in [0.29, 0.717) is 5.88 Å². The number of rotatable bonds is 4. The largest absolute Gasteiger partial charge is 0.246 e. The van der Waals surface area contributed by atoms with Gasteiger partial charge in [-0.15, -0.1) is 22.9 Å². The maximum absolute atomic E-state index is 5.59. The third-order valence-electron chi connectivity index (χ3n) is 1.41. The van der Waals surface area contributed by atoms with Crippen molar-refractivity contribution in [2.75, 3.05) is 5.88 Å². The van der Waals surface area contributed by atoms with Crippen LogP contribution in [0.2, 0.25) is 0 Å². The molecular weight excluding hydrogens is 178 g/mol. The van der Waals surface area contributed by atoms with Gasteiger partial charge in [0.15, 0.2) is 0 Å². The first-order valence-electron chi connectivity index (χ1n) is 3.86. The third kappa shape index (κ3) is 2.80. The van der Waals surface area contributed by atoms with Crippen molar-refractivity contribution in [1.29, 1.82) is 0 Å². The molecule has 0 saturated heterocycles. The van der Waals surface area contributed by atoms with Gasteiger partial charge in [-0.3, -0.25) is 0 Å². The van der Waals surface area contributed by atoms with Gasteiger partial charge in [0.05, 0.1) is 10.7 Å². The standard InChI is InChI=1S/C8H12ClNS/c1-2-3-7-6-11-8(10-7)4-5-9/h6H,2-5H2,1H3. The highest BCUT2D eigenvalue weighted by Gasteiger charge is 1.99. The van der Waals surface area contributed by atoms with E-state index in [2.05, 4.69) is 17.3 Å². The summed E-state index contributed by atoms with van der Waals surface area (Å²) in [6.45, 7) is 2.17. The Morgan fingerprint density at radius 3 is 3.00 bits per heavy atom. The molecule has 0 atom stereocenters. The zero-order valence-electron chi connectivity index (χ0n) is 6.64. The molecule has 1 nitrogen and oxygen atoms in total. The lowest BCUT2D eigenvalue weighted by Gasteiger charge is -1.88. The Kier molecular flexibility index (Phi) is 3.87. The lowest BCUT2D eigenvalue weighted by atomic mass is 10.3. The Morgan fingerprint density at radius 2 is 2.36 bits per heavy atom. The molecule has 0 amide bonds. The van der Waals surface area contributed by atoms with Crippen LogP contribution in [0.1, 0.15) is 24.0 Å². The lowest BCUT2D eigenvalue weighted by molar-refractivity contribution is 0.881. The molecular formula is C8H12ClNS. The predicted molar refractivity (Wildman–Crippen MR) is 50.5 cm³/mol. The van der Waals surface area contributed by atoms with Crippen LogP contribution in [0.3, 0.4) is 0 Å². The van der Waals surface area contributed by atoms with Gasteiger partial charge in [0, 0.05) is 17.7 Å². The van der Waals surface area contributed by atoms with Crippen LogP contribution in [-0.2, 0) is 12.8 Å². The van der Waals surface area contributed by atoms with Gasteiger partial charge in [-0.05, 0) is 6.42 Å². The molecule has 0 aliphatic heterocycles. The van der Waals surface area contributed by atoms with Gasteiger partial charge in [0.1, 0.15) is 0 Å². The van der Waals surface area contributed by atoms with Crippen LogP contribution >= 0.6 is 22.9 Å². The summed E-state index contributed by atoms with van der Waals surface area (Å²) in [5.41, 5.74) is 1.22. The van der Waals surface area contributed by atoms with Crippen molar-refractivity contribution in [2.24, 2.45) is 0 Å². The average molecular weight is 190 g/mol. The molecule has 62 valence electrons. The first-order chi connectivity index (χ1) is 5.36. The Bertz CT molecular complexity index is 189. The van der Waals surface area contributed by atoms with E-state index in [-0.39, 0.29) is 0 Å². The smallest absolute Gasteiger partial charge is 0.0940 e. The van der Waals surface area contributed by atoms with E-state index in [1.807, 2.05) is 0 Å². The van der Waals surface area contributed by atoms with Gasteiger partial charge >= 0.3 is 0 Å². The molecule has 1 aromatic heterocycles. The Morgan fingerprint density at radius 1 is 1.55 bits per heavy atom. The van der Waals surface area contributed by atoms with E-state index in [4.69, 9.17) is 11.6 Å². The van der Waals surface area contributed by atoms with E-state index in [9.17, 15) is 0 Å². The number of halogens is 1. The van der Waals surface area contributed by atoms with E-state index >= 15 is 0 Å². The second-order valence-corrected chi connectivity index (χ2v) is 3.74. The molecule has 0 radical (unpaired) electrons. The first-order valence-corrected chi connectivity index (χ1v) is 5.27. The SMILES string of the molecule is CCCc1csc(CCCl)n1. The minimum absolute atomic E-state index is 0.680. The van der Waals surface area contributed by atoms with Gasteiger partial charge in [-0.25, -0.2) is 4.98 Å². The van der Waals surface area contributed by atoms with Crippen LogP contribution in [0.25, 0.3) is 0 Å². The van der Waals surface area contributed by atoms with Crippen LogP contribution in [0.4, 0.5) is 0 Å². The van der Waals surface area contributed by atoms with Crippen molar-refractivity contribution in [3.8, 4) is 0 Å². The molecule has 0 spiro atoms. The zero-order valence-corrected chi connectivity index (χ0v) is 8.21. The summed E-state index contributed by atoms with van der Waals surface area (Å²) in [5, 5.41) is 3.30. The summed E-state index contributed by atoms with van der Waals surface area (Å²) >= 11 is 7.31. The van der Waals surface area contributed by atoms with E-state index < -0.39 is 0 Å². The third-order valence-corrected chi connectivity index (χ3v) is 2.56. The second kappa shape index (κ2) is 4.73. The minimum Gasteiger partial charge on any atom is -0.246 e. The van der Waals surface area contributed by atoms with Gasteiger partial charge < -0.3 is 0 Å². The predicted octanol–water partition coefficient (Wildman–Crippen LogP) is 2.88.